The lowest BCUT2D eigenvalue weighted by molar-refractivity contribution is -0.148. The van der Waals surface area contributed by atoms with Crippen molar-refractivity contribution in [3.05, 3.63) is 40.2 Å². The molecular formula is C19H23NO7S. The number of fused-ring (bicyclic) bond motifs is 1. The van der Waals surface area contributed by atoms with Crippen LogP contribution in [0, 0.1) is 0 Å². The van der Waals surface area contributed by atoms with Crippen molar-refractivity contribution in [2.24, 2.45) is 0 Å². The second-order valence-electron chi connectivity index (χ2n) is 6.65. The van der Waals surface area contributed by atoms with Crippen LogP contribution in [0.3, 0.4) is 0 Å². The van der Waals surface area contributed by atoms with Crippen molar-refractivity contribution in [2.75, 3.05) is 19.4 Å². The van der Waals surface area contributed by atoms with Crippen LogP contribution in [0.2, 0.25) is 0 Å². The molecule has 0 saturated carbocycles. The van der Waals surface area contributed by atoms with Crippen LogP contribution < -0.4 is 10.4 Å². The number of hydrogen-bond donors (Lipinski definition) is 0. The van der Waals surface area contributed by atoms with Gasteiger partial charge < -0.3 is 13.9 Å². The summed E-state index contributed by atoms with van der Waals surface area (Å²) >= 11 is 0. The molecule has 1 fully saturated rings. The summed E-state index contributed by atoms with van der Waals surface area (Å²) in [4.78, 5) is 24.4. The van der Waals surface area contributed by atoms with Gasteiger partial charge in [0, 0.05) is 29.6 Å². The summed E-state index contributed by atoms with van der Waals surface area (Å²) in [7, 11) is -1.98. The lowest BCUT2D eigenvalue weighted by atomic mass is 10.1. The van der Waals surface area contributed by atoms with E-state index in [-0.39, 0.29) is 12.4 Å². The van der Waals surface area contributed by atoms with Gasteiger partial charge in [0.15, 0.2) is 0 Å². The summed E-state index contributed by atoms with van der Waals surface area (Å²) < 4.78 is 41.6. The molecule has 1 saturated heterocycles. The maximum atomic E-state index is 12.6. The molecule has 9 heteroatoms. The molecule has 0 spiro atoms. The van der Waals surface area contributed by atoms with Crippen molar-refractivity contribution in [1.82, 2.24) is 4.31 Å². The summed E-state index contributed by atoms with van der Waals surface area (Å²) in [6, 6.07) is 5.46. The Bertz CT molecular complexity index is 1030. The molecule has 1 aliphatic heterocycles. The number of sulfonamides is 1. The van der Waals surface area contributed by atoms with Crippen LogP contribution in [-0.4, -0.2) is 44.1 Å². The van der Waals surface area contributed by atoms with Gasteiger partial charge in [0.25, 0.3) is 0 Å². The minimum absolute atomic E-state index is 0.00296. The monoisotopic (exact) mass is 409 g/mol. The summed E-state index contributed by atoms with van der Waals surface area (Å²) in [5.41, 5.74) is 0.244. The van der Waals surface area contributed by atoms with Gasteiger partial charge in [-0.3, -0.25) is 4.79 Å². The van der Waals surface area contributed by atoms with Crippen molar-refractivity contribution in [3.8, 4) is 5.75 Å². The van der Waals surface area contributed by atoms with Gasteiger partial charge in [0.2, 0.25) is 10.0 Å². The average Bonchev–Trinajstić information content (AvgIpc) is 3.16. The first-order valence-electron chi connectivity index (χ1n) is 9.12. The SMILES string of the molecule is CCCS(=O)(=O)N1CCC[C@@H]1C(=O)OCc1cc(=O)oc2cc(OC)ccc12. The topological polar surface area (TPSA) is 103 Å². The molecular weight excluding hydrogens is 386 g/mol. The van der Waals surface area contributed by atoms with Crippen LogP contribution in [0.4, 0.5) is 0 Å². The zero-order valence-electron chi connectivity index (χ0n) is 15.8. The first kappa shape index (κ1) is 20.3. The molecule has 0 amide bonds. The molecule has 1 aliphatic rings. The van der Waals surface area contributed by atoms with Crippen LogP contribution in [-0.2, 0) is 26.2 Å². The van der Waals surface area contributed by atoms with Gasteiger partial charge >= 0.3 is 11.6 Å². The first-order chi connectivity index (χ1) is 13.4. The Balaban J connectivity index is 1.78. The van der Waals surface area contributed by atoms with Gasteiger partial charge in [0.05, 0.1) is 12.9 Å². The third kappa shape index (κ3) is 4.20. The average molecular weight is 409 g/mol. The number of methoxy groups -OCH3 is 1. The Morgan fingerprint density at radius 3 is 2.82 bits per heavy atom. The second-order valence-corrected chi connectivity index (χ2v) is 8.69. The number of esters is 1. The molecule has 1 aromatic heterocycles. The van der Waals surface area contributed by atoms with E-state index in [2.05, 4.69) is 0 Å². The minimum Gasteiger partial charge on any atom is -0.497 e. The fourth-order valence-electron chi connectivity index (χ4n) is 3.39. The molecule has 3 rings (SSSR count). The highest BCUT2D eigenvalue weighted by molar-refractivity contribution is 7.89. The van der Waals surface area contributed by atoms with E-state index >= 15 is 0 Å². The molecule has 8 nitrogen and oxygen atoms in total. The Morgan fingerprint density at radius 1 is 1.32 bits per heavy atom. The van der Waals surface area contributed by atoms with Crippen molar-refractivity contribution in [3.63, 3.8) is 0 Å². The van der Waals surface area contributed by atoms with Gasteiger partial charge in [-0.25, -0.2) is 13.2 Å². The maximum absolute atomic E-state index is 12.6. The quantitative estimate of drug-likeness (QED) is 0.509. The van der Waals surface area contributed by atoms with Crippen LogP contribution in [0.1, 0.15) is 31.7 Å². The number of hydrogen-bond acceptors (Lipinski definition) is 7. The molecule has 0 aliphatic carbocycles. The first-order valence-corrected chi connectivity index (χ1v) is 10.7. The standard InChI is InChI=1S/C19H23NO7S/c1-3-9-28(23,24)20-8-4-5-16(20)19(22)26-12-13-10-18(21)27-17-11-14(25-2)6-7-15(13)17/h6-7,10-11,16H,3-5,8-9,12H2,1-2H3/t16-/m1/s1. The Morgan fingerprint density at radius 2 is 2.11 bits per heavy atom. The van der Waals surface area contributed by atoms with Gasteiger partial charge in [-0.05, 0) is 31.4 Å². The molecule has 1 aromatic carbocycles. The Kier molecular flexibility index (Phi) is 6.04. The molecule has 0 N–H and O–H groups in total. The van der Waals surface area contributed by atoms with E-state index in [9.17, 15) is 18.0 Å². The van der Waals surface area contributed by atoms with Gasteiger partial charge in [-0.1, -0.05) is 6.92 Å². The number of benzene rings is 1. The van der Waals surface area contributed by atoms with Gasteiger partial charge in [0.1, 0.15) is 24.0 Å². The normalized spacial score (nSPS) is 17.7. The predicted octanol–water partition coefficient (Wildman–Crippen LogP) is 2.05. The molecule has 28 heavy (non-hydrogen) atoms. The van der Waals surface area contributed by atoms with Crippen molar-refractivity contribution < 1.29 is 27.1 Å². The van der Waals surface area contributed by atoms with E-state index in [1.807, 2.05) is 0 Å². The number of nitrogens with zero attached hydrogens (tertiary/aromatic N) is 1. The van der Waals surface area contributed by atoms with Gasteiger partial charge in [-0.2, -0.15) is 4.31 Å². The highest BCUT2D eigenvalue weighted by Crippen LogP contribution is 2.25. The molecule has 0 radical (unpaired) electrons. The van der Waals surface area contributed by atoms with Gasteiger partial charge in [-0.15, -0.1) is 0 Å². The van der Waals surface area contributed by atoms with E-state index < -0.39 is 27.7 Å². The highest BCUT2D eigenvalue weighted by Gasteiger charge is 2.39. The Hall–Kier alpha value is -2.39. The summed E-state index contributed by atoms with van der Waals surface area (Å²) in [5, 5.41) is 0.620. The fraction of sp³-hybridized carbons (Fsp3) is 0.474. The predicted molar refractivity (Wildman–Crippen MR) is 103 cm³/mol. The zero-order valence-corrected chi connectivity index (χ0v) is 16.7. The fourth-order valence-corrected chi connectivity index (χ4v) is 5.12. The lowest BCUT2D eigenvalue weighted by Gasteiger charge is -2.22. The van der Waals surface area contributed by atoms with Crippen molar-refractivity contribution >= 4 is 27.0 Å². The van der Waals surface area contributed by atoms with E-state index in [1.54, 1.807) is 25.1 Å². The van der Waals surface area contributed by atoms with Crippen LogP contribution in [0.25, 0.3) is 11.0 Å². The summed E-state index contributed by atoms with van der Waals surface area (Å²) in [6.07, 6.45) is 1.52. The highest BCUT2D eigenvalue weighted by atomic mass is 32.2. The zero-order chi connectivity index (χ0) is 20.3. The van der Waals surface area contributed by atoms with Crippen LogP contribution in [0.15, 0.2) is 33.5 Å². The third-order valence-electron chi connectivity index (χ3n) is 4.70. The van der Waals surface area contributed by atoms with E-state index in [0.717, 1.165) is 0 Å². The third-order valence-corrected chi connectivity index (χ3v) is 6.78. The van der Waals surface area contributed by atoms with E-state index in [1.165, 1.54) is 17.5 Å². The summed E-state index contributed by atoms with van der Waals surface area (Å²) in [5.74, 6) is -0.0669. The Labute approximate surface area is 163 Å². The minimum atomic E-state index is -3.48. The number of ether oxygens (including phenoxy) is 2. The molecule has 0 bridgehead atoms. The van der Waals surface area contributed by atoms with Crippen molar-refractivity contribution in [1.29, 1.82) is 0 Å². The number of rotatable bonds is 7. The largest absolute Gasteiger partial charge is 0.497 e. The van der Waals surface area contributed by atoms with E-state index in [4.69, 9.17) is 13.9 Å². The molecule has 152 valence electrons. The van der Waals surface area contributed by atoms with E-state index in [0.29, 0.717) is 48.1 Å². The summed E-state index contributed by atoms with van der Waals surface area (Å²) in [6.45, 7) is 1.95. The molecule has 1 atom stereocenters. The van der Waals surface area contributed by atoms with Crippen LogP contribution in [0.5, 0.6) is 5.75 Å². The smallest absolute Gasteiger partial charge is 0.336 e. The number of carbonyl (C=O) groups is 1. The maximum Gasteiger partial charge on any atom is 0.336 e. The lowest BCUT2D eigenvalue weighted by Crippen LogP contribution is -2.42. The molecule has 2 aromatic rings. The number of carbonyl (C=O) groups excluding carboxylic acids is 1. The molecule has 0 unspecified atom stereocenters. The molecule has 2 heterocycles. The van der Waals surface area contributed by atoms with Crippen molar-refractivity contribution in [2.45, 2.75) is 38.8 Å². The van der Waals surface area contributed by atoms with Crippen LogP contribution >= 0.6 is 0 Å². The second kappa shape index (κ2) is 8.32.